The van der Waals surface area contributed by atoms with E-state index in [9.17, 15) is 4.79 Å². The molecule has 6 heteroatoms. The van der Waals surface area contributed by atoms with Crippen LogP contribution in [-0.4, -0.2) is 22.0 Å². The first kappa shape index (κ1) is 13.6. The van der Waals surface area contributed by atoms with Gasteiger partial charge >= 0.3 is 5.97 Å². The van der Waals surface area contributed by atoms with Crippen LogP contribution in [0.2, 0.25) is 5.02 Å². The molecule has 0 radical (unpaired) electrons. The zero-order valence-corrected chi connectivity index (χ0v) is 10.9. The number of hydrogen-bond donors (Lipinski definition) is 2. The highest BCUT2D eigenvalue weighted by Crippen LogP contribution is 2.15. The summed E-state index contributed by atoms with van der Waals surface area (Å²) >= 11 is 5.97. The van der Waals surface area contributed by atoms with Crippen LogP contribution in [0.15, 0.2) is 36.8 Å². The normalized spacial score (nSPS) is 12.1. The minimum Gasteiger partial charge on any atom is -0.460 e. The van der Waals surface area contributed by atoms with Crippen LogP contribution in [0, 0.1) is 0 Å². The quantitative estimate of drug-likeness (QED) is 0.816. The van der Waals surface area contributed by atoms with Crippen LogP contribution in [0.1, 0.15) is 11.3 Å². The van der Waals surface area contributed by atoms with Gasteiger partial charge < -0.3 is 15.5 Å². The van der Waals surface area contributed by atoms with Crippen molar-refractivity contribution in [2.45, 2.75) is 19.1 Å². The van der Waals surface area contributed by atoms with E-state index in [1.165, 1.54) is 6.33 Å². The smallest absolute Gasteiger partial charge is 0.323 e. The number of rotatable bonds is 5. The lowest BCUT2D eigenvalue weighted by atomic mass is 10.2. The lowest BCUT2D eigenvalue weighted by molar-refractivity contribution is -0.146. The third-order valence-electron chi connectivity index (χ3n) is 2.63. The number of H-pyrrole nitrogens is 1. The third kappa shape index (κ3) is 3.81. The van der Waals surface area contributed by atoms with Gasteiger partial charge in [0.05, 0.1) is 6.33 Å². The molecule has 2 rings (SSSR count). The molecule has 0 aliphatic carbocycles. The van der Waals surface area contributed by atoms with E-state index in [1.54, 1.807) is 18.3 Å². The predicted molar refractivity (Wildman–Crippen MR) is 71.5 cm³/mol. The van der Waals surface area contributed by atoms with Gasteiger partial charge in [0.1, 0.15) is 12.6 Å². The van der Waals surface area contributed by atoms with Crippen LogP contribution < -0.4 is 5.73 Å². The molecule has 2 aromatic rings. The van der Waals surface area contributed by atoms with Crippen molar-refractivity contribution in [2.75, 3.05) is 0 Å². The molecule has 0 spiro atoms. The highest BCUT2D eigenvalue weighted by Gasteiger charge is 2.16. The fourth-order valence-corrected chi connectivity index (χ4v) is 1.78. The van der Waals surface area contributed by atoms with Crippen molar-refractivity contribution < 1.29 is 9.53 Å². The number of imidazole rings is 1. The van der Waals surface area contributed by atoms with E-state index in [0.717, 1.165) is 11.3 Å². The van der Waals surface area contributed by atoms with Gasteiger partial charge in [0.25, 0.3) is 0 Å². The molecule has 0 bridgehead atoms. The van der Waals surface area contributed by atoms with Gasteiger partial charge in [-0.25, -0.2) is 4.98 Å². The number of aromatic amines is 1. The van der Waals surface area contributed by atoms with Crippen molar-refractivity contribution in [1.29, 1.82) is 0 Å². The van der Waals surface area contributed by atoms with E-state index in [1.807, 2.05) is 12.1 Å². The van der Waals surface area contributed by atoms with Crippen LogP contribution in [0.4, 0.5) is 0 Å². The van der Waals surface area contributed by atoms with Gasteiger partial charge in [-0.1, -0.05) is 29.8 Å². The molecule has 1 heterocycles. The van der Waals surface area contributed by atoms with Gasteiger partial charge in [-0.05, 0) is 6.07 Å². The Morgan fingerprint density at radius 1 is 1.47 bits per heavy atom. The zero-order valence-electron chi connectivity index (χ0n) is 10.2. The molecule has 0 saturated carbocycles. The maximum atomic E-state index is 11.7. The number of nitrogens with two attached hydrogens (primary N) is 1. The maximum Gasteiger partial charge on any atom is 0.323 e. The monoisotopic (exact) mass is 279 g/mol. The molecule has 0 aliphatic heterocycles. The van der Waals surface area contributed by atoms with E-state index in [-0.39, 0.29) is 6.61 Å². The Morgan fingerprint density at radius 2 is 2.26 bits per heavy atom. The summed E-state index contributed by atoms with van der Waals surface area (Å²) in [4.78, 5) is 18.5. The van der Waals surface area contributed by atoms with Crippen LogP contribution in [-0.2, 0) is 22.6 Å². The minimum atomic E-state index is -0.720. The fourth-order valence-electron chi connectivity index (χ4n) is 1.59. The Hall–Kier alpha value is -1.85. The van der Waals surface area contributed by atoms with Crippen LogP contribution in [0.5, 0.6) is 0 Å². The van der Waals surface area contributed by atoms with Crippen LogP contribution >= 0.6 is 11.6 Å². The number of hydrogen-bond acceptors (Lipinski definition) is 4. The van der Waals surface area contributed by atoms with Gasteiger partial charge in [0.15, 0.2) is 0 Å². The Labute approximate surface area is 115 Å². The predicted octanol–water partition coefficient (Wildman–Crippen LogP) is 1.68. The van der Waals surface area contributed by atoms with Gasteiger partial charge in [-0.3, -0.25) is 4.79 Å². The summed E-state index contributed by atoms with van der Waals surface area (Å²) < 4.78 is 5.14. The Bertz CT molecular complexity index is 543. The Morgan fingerprint density at radius 3 is 2.95 bits per heavy atom. The summed E-state index contributed by atoms with van der Waals surface area (Å²) in [7, 11) is 0. The van der Waals surface area contributed by atoms with Crippen molar-refractivity contribution in [3.8, 4) is 0 Å². The second-order valence-electron chi connectivity index (χ2n) is 4.09. The minimum absolute atomic E-state index is 0.120. The molecule has 1 unspecified atom stereocenters. The Balaban J connectivity index is 1.86. The molecular formula is C13H14ClN3O2. The van der Waals surface area contributed by atoms with E-state index in [2.05, 4.69) is 9.97 Å². The number of aromatic nitrogens is 2. The lowest BCUT2D eigenvalue weighted by Crippen LogP contribution is -2.34. The molecular weight excluding hydrogens is 266 g/mol. The highest BCUT2D eigenvalue weighted by molar-refractivity contribution is 6.31. The number of halogens is 1. The van der Waals surface area contributed by atoms with E-state index >= 15 is 0 Å². The first-order valence-electron chi connectivity index (χ1n) is 5.79. The molecule has 19 heavy (non-hydrogen) atoms. The number of esters is 1. The lowest BCUT2D eigenvalue weighted by Gasteiger charge is -2.11. The second-order valence-corrected chi connectivity index (χ2v) is 4.49. The second kappa shape index (κ2) is 6.36. The number of carbonyl (C=O) groups excluding carboxylic acids is 1. The number of carbonyl (C=O) groups is 1. The summed E-state index contributed by atoms with van der Waals surface area (Å²) in [5.41, 5.74) is 7.30. The summed E-state index contributed by atoms with van der Waals surface area (Å²) in [5.74, 6) is -0.463. The molecule has 0 amide bonds. The summed E-state index contributed by atoms with van der Waals surface area (Å²) in [6.45, 7) is 0.120. The molecule has 0 aliphatic rings. The van der Waals surface area contributed by atoms with Crippen molar-refractivity contribution >= 4 is 17.6 Å². The topological polar surface area (TPSA) is 81.0 Å². The molecule has 0 fully saturated rings. The molecule has 5 nitrogen and oxygen atoms in total. The van der Waals surface area contributed by atoms with Gasteiger partial charge in [0, 0.05) is 28.9 Å². The van der Waals surface area contributed by atoms with Crippen molar-refractivity contribution in [3.63, 3.8) is 0 Å². The van der Waals surface area contributed by atoms with E-state index in [0.29, 0.717) is 11.4 Å². The highest BCUT2D eigenvalue weighted by atomic mass is 35.5. The van der Waals surface area contributed by atoms with Crippen LogP contribution in [0.25, 0.3) is 0 Å². The summed E-state index contributed by atoms with van der Waals surface area (Å²) in [6.07, 6.45) is 3.53. The van der Waals surface area contributed by atoms with Gasteiger partial charge in [-0.2, -0.15) is 0 Å². The molecule has 3 N–H and O–H groups in total. The third-order valence-corrected chi connectivity index (χ3v) is 2.99. The Kier molecular flexibility index (Phi) is 4.54. The zero-order chi connectivity index (χ0) is 13.7. The average Bonchev–Trinajstić information content (AvgIpc) is 2.90. The van der Waals surface area contributed by atoms with E-state index in [4.69, 9.17) is 22.1 Å². The average molecular weight is 280 g/mol. The van der Waals surface area contributed by atoms with Crippen molar-refractivity contribution in [1.82, 2.24) is 9.97 Å². The molecule has 1 aromatic carbocycles. The number of ether oxygens (including phenoxy) is 1. The first-order valence-corrected chi connectivity index (χ1v) is 6.17. The number of benzene rings is 1. The van der Waals surface area contributed by atoms with E-state index < -0.39 is 12.0 Å². The maximum absolute atomic E-state index is 11.7. The largest absolute Gasteiger partial charge is 0.460 e. The van der Waals surface area contributed by atoms with Gasteiger partial charge in [0.2, 0.25) is 0 Å². The molecule has 1 atom stereocenters. The van der Waals surface area contributed by atoms with Crippen molar-refractivity contribution in [3.05, 3.63) is 53.1 Å². The number of nitrogens with zero attached hydrogens (tertiary/aromatic N) is 1. The van der Waals surface area contributed by atoms with Crippen LogP contribution in [0.3, 0.4) is 0 Å². The summed E-state index contributed by atoms with van der Waals surface area (Å²) in [5, 5.41) is 0.567. The molecule has 1 aromatic heterocycles. The fraction of sp³-hybridized carbons (Fsp3) is 0.231. The number of nitrogens with one attached hydrogen (secondary N) is 1. The standard InChI is InChI=1S/C13H14ClN3O2/c14-11-4-2-1-3-9(11)7-19-13(18)12(15)5-10-6-16-8-17-10/h1-4,6,8,12H,5,7,15H2,(H,16,17). The SMILES string of the molecule is NC(Cc1cnc[nH]1)C(=O)OCc1ccccc1Cl. The van der Waals surface area contributed by atoms with Gasteiger partial charge in [-0.15, -0.1) is 0 Å². The summed E-state index contributed by atoms with van der Waals surface area (Å²) in [6, 6.07) is 6.48. The molecule has 0 saturated heterocycles. The molecule has 100 valence electrons. The van der Waals surface area contributed by atoms with Crippen molar-refractivity contribution in [2.24, 2.45) is 5.73 Å². The first-order chi connectivity index (χ1) is 9.16.